The number of hydrogen-bond donors (Lipinski definition) is 0. The van der Waals surface area contributed by atoms with Gasteiger partial charge in [-0.2, -0.15) is 0 Å². The summed E-state index contributed by atoms with van der Waals surface area (Å²) < 4.78 is 16.2. The number of hydrogen-bond acceptors (Lipinski definition) is 7. The first-order valence-corrected chi connectivity index (χ1v) is 13.1. The Balaban J connectivity index is 1.38. The maximum absolute atomic E-state index is 14.0. The molecule has 1 spiro atoms. The molecule has 5 rings (SSSR count). The highest BCUT2D eigenvalue weighted by atomic mass is 16.5. The lowest BCUT2D eigenvalue weighted by Crippen LogP contribution is -2.56. The van der Waals surface area contributed by atoms with Gasteiger partial charge in [-0.1, -0.05) is 18.2 Å². The molecule has 3 aromatic rings. The van der Waals surface area contributed by atoms with Crippen LogP contribution in [0.25, 0.3) is 0 Å². The molecule has 3 amide bonds. The highest BCUT2D eigenvalue weighted by Gasteiger charge is 2.57. The van der Waals surface area contributed by atoms with Gasteiger partial charge >= 0.3 is 6.03 Å². The molecule has 1 aromatic heterocycles. The highest BCUT2D eigenvalue weighted by Crippen LogP contribution is 2.39. The first kappa shape index (κ1) is 26.5. The minimum absolute atomic E-state index is 0.144. The summed E-state index contributed by atoms with van der Waals surface area (Å²) >= 11 is 0. The molecule has 0 N–H and O–H groups in total. The Labute approximate surface area is 228 Å². The average Bonchev–Trinajstić information content (AvgIpc) is 3.15. The van der Waals surface area contributed by atoms with Gasteiger partial charge in [-0.15, -0.1) is 0 Å². The smallest absolute Gasteiger partial charge is 0.328 e. The molecule has 2 aromatic carbocycles. The number of nitrogens with zero attached hydrogens (tertiary/aromatic N) is 4. The molecule has 3 heterocycles. The molecule has 0 aliphatic carbocycles. The molecule has 0 bridgehead atoms. The van der Waals surface area contributed by atoms with Gasteiger partial charge in [0.05, 0.1) is 40.1 Å². The molecular weight excluding hydrogens is 496 g/mol. The van der Waals surface area contributed by atoms with Crippen LogP contribution in [0.2, 0.25) is 0 Å². The fourth-order valence-corrected chi connectivity index (χ4v) is 5.53. The van der Waals surface area contributed by atoms with Crippen molar-refractivity contribution >= 4 is 11.9 Å². The number of ether oxygens (including phenoxy) is 3. The minimum atomic E-state index is -0.907. The summed E-state index contributed by atoms with van der Waals surface area (Å²) in [6.45, 7) is 2.52. The number of imide groups is 1. The predicted octanol–water partition coefficient (Wildman–Crippen LogP) is 4.11. The number of amides is 3. The zero-order valence-electron chi connectivity index (χ0n) is 22.6. The van der Waals surface area contributed by atoms with Crippen LogP contribution in [0.4, 0.5) is 4.79 Å². The van der Waals surface area contributed by atoms with E-state index in [1.54, 1.807) is 32.4 Å². The Morgan fingerprint density at radius 1 is 0.769 bits per heavy atom. The molecule has 0 saturated carbocycles. The molecule has 0 radical (unpaired) electrons. The van der Waals surface area contributed by atoms with E-state index >= 15 is 0 Å². The molecule has 0 unspecified atom stereocenters. The number of aromatic nitrogens is 1. The number of methoxy groups -OCH3 is 3. The lowest BCUT2D eigenvalue weighted by atomic mass is 9.85. The van der Waals surface area contributed by atoms with Crippen LogP contribution in [-0.2, 0) is 24.4 Å². The van der Waals surface area contributed by atoms with Crippen molar-refractivity contribution in [3.63, 3.8) is 0 Å². The predicted molar refractivity (Wildman–Crippen MR) is 146 cm³/mol. The van der Waals surface area contributed by atoms with E-state index in [0.29, 0.717) is 38.2 Å². The van der Waals surface area contributed by atoms with Gasteiger partial charge in [0.1, 0.15) is 22.8 Å². The van der Waals surface area contributed by atoms with Crippen molar-refractivity contribution in [1.29, 1.82) is 0 Å². The van der Waals surface area contributed by atoms with Crippen molar-refractivity contribution in [1.82, 2.24) is 19.7 Å². The number of rotatable bonds is 9. The standard InChI is InChI=1S/C30H34N4O5/c1-37-25-9-6-7-22(15-25)20-33-28(35)30(34(29(33)36)21-24-8-4-5-12-31-24)10-13-32(14-11-30)19-23-16-26(38-2)18-27(17-23)39-3/h4-9,12,15-18H,10-11,13-14,19-21H2,1-3H3. The van der Waals surface area contributed by atoms with Crippen LogP contribution >= 0.6 is 0 Å². The number of urea groups is 1. The van der Waals surface area contributed by atoms with Crippen molar-refractivity contribution < 1.29 is 23.8 Å². The number of carbonyl (C=O) groups is 2. The van der Waals surface area contributed by atoms with E-state index in [0.717, 1.165) is 28.3 Å². The second-order valence-electron chi connectivity index (χ2n) is 9.96. The molecule has 9 nitrogen and oxygen atoms in total. The topological polar surface area (TPSA) is 84.4 Å². The van der Waals surface area contributed by atoms with Crippen LogP contribution < -0.4 is 14.2 Å². The van der Waals surface area contributed by atoms with Crippen molar-refractivity contribution in [2.24, 2.45) is 0 Å². The van der Waals surface area contributed by atoms with Crippen LogP contribution in [-0.4, -0.2) is 71.6 Å². The van der Waals surface area contributed by atoms with Crippen LogP contribution in [0.15, 0.2) is 66.9 Å². The molecule has 39 heavy (non-hydrogen) atoms. The van der Waals surface area contributed by atoms with Gasteiger partial charge in [0.15, 0.2) is 0 Å². The summed E-state index contributed by atoms with van der Waals surface area (Å²) in [4.78, 5) is 37.7. The zero-order chi connectivity index (χ0) is 27.4. The van der Waals surface area contributed by atoms with Crippen LogP contribution in [0, 0.1) is 0 Å². The molecule has 9 heteroatoms. The molecule has 2 fully saturated rings. The zero-order valence-corrected chi connectivity index (χ0v) is 22.6. The molecular formula is C30H34N4O5. The summed E-state index contributed by atoms with van der Waals surface area (Å²) in [5.74, 6) is 2.02. The maximum Gasteiger partial charge on any atom is 0.328 e. The monoisotopic (exact) mass is 530 g/mol. The lowest BCUT2D eigenvalue weighted by Gasteiger charge is -2.42. The fourth-order valence-electron chi connectivity index (χ4n) is 5.53. The van der Waals surface area contributed by atoms with Gasteiger partial charge in [0.25, 0.3) is 5.91 Å². The van der Waals surface area contributed by atoms with Crippen LogP contribution in [0.1, 0.15) is 29.7 Å². The summed E-state index contributed by atoms with van der Waals surface area (Å²) in [5, 5.41) is 0. The number of pyridine rings is 1. The minimum Gasteiger partial charge on any atom is -0.497 e. The third-order valence-electron chi connectivity index (χ3n) is 7.64. The van der Waals surface area contributed by atoms with Crippen molar-refractivity contribution in [2.45, 2.75) is 38.0 Å². The maximum atomic E-state index is 14.0. The van der Waals surface area contributed by atoms with Gasteiger partial charge in [0.2, 0.25) is 0 Å². The molecule has 2 aliphatic rings. The van der Waals surface area contributed by atoms with Crippen molar-refractivity contribution in [3.05, 3.63) is 83.7 Å². The first-order valence-electron chi connectivity index (χ1n) is 13.1. The quantitative estimate of drug-likeness (QED) is 0.385. The van der Waals surface area contributed by atoms with Crippen molar-refractivity contribution in [3.8, 4) is 17.2 Å². The van der Waals surface area contributed by atoms with E-state index in [9.17, 15) is 9.59 Å². The average molecular weight is 531 g/mol. The molecule has 2 aliphatic heterocycles. The van der Waals surface area contributed by atoms with Gasteiger partial charge < -0.3 is 19.1 Å². The van der Waals surface area contributed by atoms with Gasteiger partial charge in [-0.05, 0) is 60.4 Å². The van der Waals surface area contributed by atoms with E-state index in [2.05, 4.69) is 9.88 Å². The van der Waals surface area contributed by atoms with Crippen molar-refractivity contribution in [2.75, 3.05) is 34.4 Å². The van der Waals surface area contributed by atoms with Gasteiger partial charge in [0, 0.05) is 31.9 Å². The number of carbonyl (C=O) groups excluding carboxylic acids is 2. The summed E-state index contributed by atoms with van der Waals surface area (Å²) in [6, 6.07) is 18.7. The van der Waals surface area contributed by atoms with E-state index < -0.39 is 5.54 Å². The van der Waals surface area contributed by atoms with E-state index in [1.807, 2.05) is 60.7 Å². The third-order valence-corrected chi connectivity index (χ3v) is 7.64. The number of likely N-dealkylation sites (tertiary alicyclic amines) is 1. The van der Waals surface area contributed by atoms with Gasteiger partial charge in [-0.3, -0.25) is 19.6 Å². The lowest BCUT2D eigenvalue weighted by molar-refractivity contribution is -0.136. The summed E-state index contributed by atoms with van der Waals surface area (Å²) in [5.41, 5.74) is 1.76. The number of benzene rings is 2. The molecule has 2 saturated heterocycles. The SMILES string of the molecule is COc1cccc(CN2C(=O)N(Cc3ccccn3)C3(CCN(Cc4cc(OC)cc(OC)c4)CC3)C2=O)c1. The van der Waals surface area contributed by atoms with E-state index in [1.165, 1.54) is 4.90 Å². The highest BCUT2D eigenvalue weighted by molar-refractivity contribution is 6.07. The Morgan fingerprint density at radius 3 is 2.10 bits per heavy atom. The summed E-state index contributed by atoms with van der Waals surface area (Å²) in [6.07, 6.45) is 2.80. The Morgan fingerprint density at radius 2 is 1.46 bits per heavy atom. The van der Waals surface area contributed by atoms with E-state index in [4.69, 9.17) is 14.2 Å². The van der Waals surface area contributed by atoms with E-state index in [-0.39, 0.29) is 25.0 Å². The largest absolute Gasteiger partial charge is 0.497 e. The first-order chi connectivity index (χ1) is 19.0. The normalized spacial score (nSPS) is 17.1. The Bertz CT molecular complexity index is 1300. The molecule has 0 atom stereocenters. The Kier molecular flexibility index (Phi) is 7.70. The van der Waals surface area contributed by atoms with Crippen LogP contribution in [0.3, 0.4) is 0 Å². The number of piperidine rings is 1. The Hall–Kier alpha value is -4.11. The third kappa shape index (κ3) is 5.40. The fraction of sp³-hybridized carbons (Fsp3) is 0.367. The second-order valence-corrected chi connectivity index (χ2v) is 9.96. The van der Waals surface area contributed by atoms with Gasteiger partial charge in [-0.25, -0.2) is 4.79 Å². The van der Waals surface area contributed by atoms with Crippen LogP contribution in [0.5, 0.6) is 17.2 Å². The second kappa shape index (κ2) is 11.3. The summed E-state index contributed by atoms with van der Waals surface area (Å²) in [7, 11) is 4.88. The molecule has 204 valence electrons.